The van der Waals surface area contributed by atoms with Gasteiger partial charge >= 0.3 is 0 Å². The van der Waals surface area contributed by atoms with E-state index in [2.05, 4.69) is 19.9 Å². The van der Waals surface area contributed by atoms with Crippen LogP contribution in [0.4, 0.5) is 5.82 Å². The second-order valence-electron chi connectivity index (χ2n) is 7.06. The molecule has 2 aromatic rings. The van der Waals surface area contributed by atoms with Gasteiger partial charge in [0.1, 0.15) is 12.1 Å². The van der Waals surface area contributed by atoms with E-state index in [0.717, 1.165) is 17.1 Å². The van der Waals surface area contributed by atoms with Gasteiger partial charge in [0.2, 0.25) is 11.8 Å². The van der Waals surface area contributed by atoms with Crippen molar-refractivity contribution in [3.8, 4) is 11.6 Å². The molecule has 27 heavy (non-hydrogen) atoms. The number of likely N-dealkylation sites (N-methyl/N-ethyl adjacent to an activating group) is 1. The summed E-state index contributed by atoms with van der Waals surface area (Å²) in [6.07, 6.45) is 3.23. The summed E-state index contributed by atoms with van der Waals surface area (Å²) in [5.41, 5.74) is 1.64. The molecule has 0 unspecified atom stereocenters. The number of carbonyl (C=O) groups is 1. The third-order valence-electron chi connectivity index (χ3n) is 5.22. The van der Waals surface area contributed by atoms with E-state index in [-0.39, 0.29) is 17.9 Å². The lowest BCUT2D eigenvalue weighted by atomic mass is 10.1. The Morgan fingerprint density at radius 1 is 1.19 bits per heavy atom. The monoisotopic (exact) mass is 369 g/mol. The highest BCUT2D eigenvalue weighted by atomic mass is 16.5. The fourth-order valence-electron chi connectivity index (χ4n) is 3.60. The van der Waals surface area contributed by atoms with Crippen molar-refractivity contribution >= 4 is 11.7 Å². The molecule has 0 aliphatic carbocycles. The topological polar surface area (TPSA) is 80.7 Å². The first-order chi connectivity index (χ1) is 13.0. The van der Waals surface area contributed by atoms with Crippen molar-refractivity contribution < 1.29 is 14.3 Å². The molecule has 2 atom stereocenters. The Hall–Kier alpha value is -2.74. The van der Waals surface area contributed by atoms with Crippen LogP contribution < -0.4 is 9.64 Å². The van der Waals surface area contributed by atoms with E-state index in [4.69, 9.17) is 9.47 Å². The highest BCUT2D eigenvalue weighted by Gasteiger charge is 2.38. The molecular formula is C19H23N5O3. The summed E-state index contributed by atoms with van der Waals surface area (Å²) in [6, 6.07) is 3.70. The molecule has 2 aliphatic rings. The Morgan fingerprint density at radius 2 is 2.04 bits per heavy atom. The van der Waals surface area contributed by atoms with Crippen molar-refractivity contribution in [3.05, 3.63) is 35.9 Å². The van der Waals surface area contributed by atoms with Crippen LogP contribution >= 0.6 is 0 Å². The van der Waals surface area contributed by atoms with E-state index in [0.29, 0.717) is 37.9 Å². The van der Waals surface area contributed by atoms with Gasteiger partial charge in [0.25, 0.3) is 0 Å². The Labute approximate surface area is 158 Å². The first kappa shape index (κ1) is 17.7. The molecule has 0 radical (unpaired) electrons. The van der Waals surface area contributed by atoms with Crippen LogP contribution in [0.1, 0.15) is 11.3 Å². The molecule has 0 aromatic carbocycles. The van der Waals surface area contributed by atoms with Gasteiger partial charge in [-0.05, 0) is 26.0 Å². The van der Waals surface area contributed by atoms with Crippen molar-refractivity contribution in [2.45, 2.75) is 19.9 Å². The van der Waals surface area contributed by atoms with Gasteiger partial charge in [-0.2, -0.15) is 0 Å². The minimum Gasteiger partial charge on any atom is -0.437 e. The maximum atomic E-state index is 12.6. The van der Waals surface area contributed by atoms with Gasteiger partial charge in [-0.3, -0.25) is 9.78 Å². The van der Waals surface area contributed by atoms with E-state index < -0.39 is 0 Å². The second-order valence-corrected chi connectivity index (χ2v) is 7.06. The molecule has 4 heterocycles. The molecule has 8 nitrogen and oxygen atoms in total. The van der Waals surface area contributed by atoms with E-state index in [1.165, 1.54) is 6.33 Å². The summed E-state index contributed by atoms with van der Waals surface area (Å²) in [7, 11) is 1.85. The molecule has 2 fully saturated rings. The molecule has 1 amide bonds. The number of rotatable bonds is 3. The Morgan fingerprint density at radius 3 is 2.85 bits per heavy atom. The molecule has 142 valence electrons. The van der Waals surface area contributed by atoms with Crippen molar-refractivity contribution in [2.75, 3.05) is 38.3 Å². The van der Waals surface area contributed by atoms with Gasteiger partial charge < -0.3 is 19.3 Å². The fourth-order valence-corrected chi connectivity index (χ4v) is 3.60. The van der Waals surface area contributed by atoms with Crippen LogP contribution in [0.3, 0.4) is 0 Å². The standard InChI is InChI=1S/C19H23N5O3/c1-12-17(21-11-22-18(12)27-16-5-4-6-20-13(16)2)24-7-14-9-26-10-15(8-24)23(3)19(14)25/h4-6,11,14-15H,7-10H2,1-3H3/t14-,15+/m1/s1. The van der Waals surface area contributed by atoms with Crippen LogP contribution in [0.2, 0.25) is 0 Å². The van der Waals surface area contributed by atoms with Crippen molar-refractivity contribution in [1.82, 2.24) is 19.9 Å². The number of carbonyl (C=O) groups excluding carboxylic acids is 1. The first-order valence-corrected chi connectivity index (χ1v) is 9.05. The number of amides is 1. The van der Waals surface area contributed by atoms with E-state index in [9.17, 15) is 4.79 Å². The van der Waals surface area contributed by atoms with Crippen LogP contribution in [0.15, 0.2) is 24.7 Å². The predicted molar refractivity (Wildman–Crippen MR) is 98.9 cm³/mol. The Kier molecular flexibility index (Phi) is 4.65. The number of aryl methyl sites for hydroxylation is 1. The summed E-state index contributed by atoms with van der Waals surface area (Å²) in [6.45, 7) is 6.06. The van der Waals surface area contributed by atoms with E-state index in [1.54, 1.807) is 6.20 Å². The average Bonchev–Trinajstić information content (AvgIpc) is 2.84. The normalized spacial score (nSPS) is 22.6. The highest BCUT2D eigenvalue weighted by molar-refractivity contribution is 5.80. The molecule has 0 N–H and O–H groups in total. The van der Waals surface area contributed by atoms with Crippen LogP contribution in [-0.2, 0) is 9.53 Å². The van der Waals surface area contributed by atoms with E-state index >= 15 is 0 Å². The van der Waals surface area contributed by atoms with Gasteiger partial charge in [0.15, 0.2) is 5.75 Å². The third kappa shape index (κ3) is 3.32. The van der Waals surface area contributed by atoms with E-state index in [1.807, 2.05) is 37.9 Å². The van der Waals surface area contributed by atoms with Gasteiger partial charge in [0.05, 0.1) is 36.4 Å². The third-order valence-corrected chi connectivity index (χ3v) is 5.22. The number of hydrogen-bond donors (Lipinski definition) is 0. The number of fused-ring (bicyclic) bond motifs is 3. The minimum absolute atomic E-state index is 0.00398. The number of pyridine rings is 1. The highest BCUT2D eigenvalue weighted by Crippen LogP contribution is 2.31. The van der Waals surface area contributed by atoms with Crippen molar-refractivity contribution in [2.24, 2.45) is 5.92 Å². The zero-order chi connectivity index (χ0) is 19.0. The Bertz CT molecular complexity index is 859. The van der Waals surface area contributed by atoms with Crippen LogP contribution in [0, 0.1) is 19.8 Å². The van der Waals surface area contributed by atoms with Crippen LogP contribution in [-0.4, -0.2) is 65.2 Å². The summed E-state index contributed by atoms with van der Waals surface area (Å²) in [4.78, 5) is 29.6. The molecule has 4 rings (SSSR count). The minimum atomic E-state index is -0.193. The van der Waals surface area contributed by atoms with Crippen LogP contribution in [0.5, 0.6) is 11.6 Å². The maximum Gasteiger partial charge on any atom is 0.229 e. The second kappa shape index (κ2) is 7.11. The van der Waals surface area contributed by atoms with Crippen molar-refractivity contribution in [3.63, 3.8) is 0 Å². The number of anilines is 1. The lowest BCUT2D eigenvalue weighted by Gasteiger charge is -2.31. The molecule has 2 aromatic heterocycles. The first-order valence-electron chi connectivity index (χ1n) is 9.05. The van der Waals surface area contributed by atoms with Gasteiger partial charge in [-0.15, -0.1) is 0 Å². The molecule has 8 heteroatoms. The van der Waals surface area contributed by atoms with Crippen LogP contribution in [0.25, 0.3) is 0 Å². The number of nitrogens with zero attached hydrogens (tertiary/aromatic N) is 5. The van der Waals surface area contributed by atoms with Crippen molar-refractivity contribution in [1.29, 1.82) is 0 Å². The zero-order valence-corrected chi connectivity index (χ0v) is 15.8. The Balaban J connectivity index is 1.65. The number of hydrogen-bond acceptors (Lipinski definition) is 7. The molecule has 2 aliphatic heterocycles. The number of ether oxygens (including phenoxy) is 2. The summed E-state index contributed by atoms with van der Waals surface area (Å²) in [5, 5.41) is 0. The quantitative estimate of drug-likeness (QED) is 0.812. The molecule has 0 spiro atoms. The largest absolute Gasteiger partial charge is 0.437 e. The summed E-state index contributed by atoms with van der Waals surface area (Å²) >= 11 is 0. The average molecular weight is 369 g/mol. The van der Waals surface area contributed by atoms with Gasteiger partial charge in [0, 0.05) is 26.3 Å². The summed E-state index contributed by atoms with van der Waals surface area (Å²) < 4.78 is 11.7. The molecular weight excluding hydrogens is 346 g/mol. The smallest absolute Gasteiger partial charge is 0.229 e. The maximum absolute atomic E-state index is 12.6. The predicted octanol–water partition coefficient (Wildman–Crippen LogP) is 1.57. The SMILES string of the molecule is Cc1ncccc1Oc1ncnc(N2C[C@@H]3COC[C@H](C2)N(C)C3=O)c1C. The lowest BCUT2D eigenvalue weighted by molar-refractivity contribution is -0.133. The number of aromatic nitrogens is 3. The fraction of sp³-hybridized carbons (Fsp3) is 0.474. The van der Waals surface area contributed by atoms with Gasteiger partial charge in [-0.25, -0.2) is 9.97 Å². The zero-order valence-electron chi connectivity index (χ0n) is 15.8. The molecule has 0 saturated carbocycles. The molecule has 2 bridgehead atoms. The summed E-state index contributed by atoms with van der Waals surface area (Å²) in [5.74, 6) is 1.90. The van der Waals surface area contributed by atoms with Gasteiger partial charge in [-0.1, -0.05) is 0 Å². The lowest BCUT2D eigenvalue weighted by Crippen LogP contribution is -2.43. The molecule has 2 saturated heterocycles.